The van der Waals surface area contributed by atoms with E-state index >= 15 is 0 Å². The van der Waals surface area contributed by atoms with Crippen LogP contribution in [0.25, 0.3) is 0 Å². The Morgan fingerprint density at radius 2 is 1.91 bits per heavy atom. The molecule has 1 atom stereocenters. The lowest BCUT2D eigenvalue weighted by Crippen LogP contribution is -2.24. The summed E-state index contributed by atoms with van der Waals surface area (Å²) in [7, 11) is 0. The maximum atomic E-state index is 11.0. The van der Waals surface area contributed by atoms with Crippen LogP contribution in [0.2, 0.25) is 10.0 Å². The average Bonchev–Trinajstić information content (AvgIpc) is 2.69. The van der Waals surface area contributed by atoms with E-state index in [2.05, 4.69) is 10.6 Å². The molecule has 0 aromatic heterocycles. The van der Waals surface area contributed by atoms with Crippen LogP contribution < -0.4 is 10.6 Å². The molecule has 22 heavy (non-hydrogen) atoms. The first-order valence-corrected chi connectivity index (χ1v) is 7.52. The van der Waals surface area contributed by atoms with Crippen LogP contribution in [0, 0.1) is 10.1 Å². The zero-order valence-electron chi connectivity index (χ0n) is 11.5. The molecule has 0 radical (unpaired) electrons. The van der Waals surface area contributed by atoms with Crippen LogP contribution in [-0.4, -0.2) is 18.0 Å². The summed E-state index contributed by atoms with van der Waals surface area (Å²) in [6.07, 6.45) is 0. The largest absolute Gasteiger partial charge is 0.383 e. The van der Waals surface area contributed by atoms with Gasteiger partial charge in [-0.15, -0.1) is 0 Å². The molecule has 2 aromatic rings. The molecule has 3 rings (SSSR count). The van der Waals surface area contributed by atoms with Crippen LogP contribution in [0.1, 0.15) is 17.2 Å². The third kappa shape index (κ3) is 2.88. The summed E-state index contributed by atoms with van der Waals surface area (Å²) in [4.78, 5) is 10.7. The lowest BCUT2D eigenvalue weighted by Gasteiger charge is -2.20. The molecule has 0 fully saturated rings. The summed E-state index contributed by atoms with van der Waals surface area (Å²) in [6, 6.07) is 9.87. The average molecular weight is 338 g/mol. The van der Waals surface area contributed by atoms with E-state index in [0.29, 0.717) is 16.6 Å². The third-order valence-corrected chi connectivity index (χ3v) is 4.18. The van der Waals surface area contributed by atoms with Gasteiger partial charge in [0, 0.05) is 46.5 Å². The van der Waals surface area contributed by atoms with Gasteiger partial charge in [0.05, 0.1) is 11.0 Å². The predicted octanol–water partition coefficient (Wildman–Crippen LogP) is 4.01. The number of fused-ring (bicyclic) bond motifs is 1. The summed E-state index contributed by atoms with van der Waals surface area (Å²) < 4.78 is 0. The quantitative estimate of drug-likeness (QED) is 0.641. The lowest BCUT2D eigenvalue weighted by atomic mass is 9.97. The molecule has 2 aromatic carbocycles. The van der Waals surface area contributed by atoms with Crippen molar-refractivity contribution in [2.24, 2.45) is 0 Å². The fourth-order valence-corrected chi connectivity index (χ4v) is 3.12. The van der Waals surface area contributed by atoms with Crippen LogP contribution in [0.5, 0.6) is 0 Å². The Kier molecular flexibility index (Phi) is 4.20. The number of halogens is 2. The van der Waals surface area contributed by atoms with Crippen molar-refractivity contribution in [1.82, 2.24) is 5.32 Å². The maximum absolute atomic E-state index is 11.0. The number of benzene rings is 2. The van der Waals surface area contributed by atoms with E-state index < -0.39 is 4.92 Å². The van der Waals surface area contributed by atoms with E-state index in [-0.39, 0.29) is 11.7 Å². The van der Waals surface area contributed by atoms with Gasteiger partial charge in [-0.05, 0) is 23.8 Å². The highest BCUT2D eigenvalue weighted by molar-refractivity contribution is 6.35. The molecule has 1 aliphatic rings. The fourth-order valence-electron chi connectivity index (χ4n) is 2.60. The van der Waals surface area contributed by atoms with Crippen molar-refractivity contribution in [1.29, 1.82) is 0 Å². The van der Waals surface area contributed by atoms with Gasteiger partial charge in [0.25, 0.3) is 5.69 Å². The van der Waals surface area contributed by atoms with Crippen molar-refractivity contribution < 1.29 is 4.92 Å². The monoisotopic (exact) mass is 337 g/mol. The molecular weight excluding hydrogens is 325 g/mol. The van der Waals surface area contributed by atoms with E-state index in [0.717, 1.165) is 23.4 Å². The molecule has 0 aliphatic carbocycles. The van der Waals surface area contributed by atoms with E-state index in [1.54, 1.807) is 24.3 Å². The van der Waals surface area contributed by atoms with Crippen LogP contribution in [0.3, 0.4) is 0 Å². The van der Waals surface area contributed by atoms with E-state index in [1.807, 2.05) is 6.07 Å². The number of nitrogens with one attached hydrogen (secondary N) is 2. The molecule has 0 spiro atoms. The number of hydrogen-bond donors (Lipinski definition) is 2. The minimum Gasteiger partial charge on any atom is -0.383 e. The van der Waals surface area contributed by atoms with Crippen molar-refractivity contribution in [2.75, 3.05) is 18.4 Å². The molecular formula is C15H13Cl2N3O2. The zero-order valence-corrected chi connectivity index (χ0v) is 13.0. The minimum absolute atomic E-state index is 0.0549. The van der Waals surface area contributed by atoms with Crippen LogP contribution in [-0.2, 0) is 0 Å². The Labute approximate surface area is 137 Å². The summed E-state index contributed by atoms with van der Waals surface area (Å²) in [5.74, 6) is 0. The van der Waals surface area contributed by atoms with Gasteiger partial charge in [0.2, 0.25) is 0 Å². The molecule has 0 saturated carbocycles. The van der Waals surface area contributed by atoms with Crippen LogP contribution >= 0.6 is 23.2 Å². The van der Waals surface area contributed by atoms with Crippen molar-refractivity contribution in [3.8, 4) is 0 Å². The second-order valence-electron chi connectivity index (χ2n) is 5.01. The summed E-state index contributed by atoms with van der Waals surface area (Å²) >= 11 is 12.3. The number of nitro groups is 1. The second-order valence-corrected chi connectivity index (χ2v) is 5.85. The van der Waals surface area contributed by atoms with E-state index in [9.17, 15) is 10.1 Å². The van der Waals surface area contributed by atoms with E-state index in [4.69, 9.17) is 23.2 Å². The molecule has 7 heteroatoms. The molecule has 1 heterocycles. The van der Waals surface area contributed by atoms with Gasteiger partial charge in [-0.25, -0.2) is 0 Å². The zero-order chi connectivity index (χ0) is 15.7. The molecule has 0 bridgehead atoms. The molecule has 0 saturated heterocycles. The number of nitro benzene ring substituents is 1. The topological polar surface area (TPSA) is 67.2 Å². The summed E-state index contributed by atoms with van der Waals surface area (Å²) in [6.45, 7) is 1.44. The van der Waals surface area contributed by atoms with Gasteiger partial charge in [0.15, 0.2) is 0 Å². The highest BCUT2D eigenvalue weighted by Crippen LogP contribution is 2.36. The second kappa shape index (κ2) is 6.12. The Bertz CT molecular complexity index is 737. The first-order chi connectivity index (χ1) is 10.6. The molecule has 2 N–H and O–H groups in total. The predicted molar refractivity (Wildman–Crippen MR) is 87.9 cm³/mol. The molecule has 114 valence electrons. The molecule has 5 nitrogen and oxygen atoms in total. The van der Waals surface area contributed by atoms with Gasteiger partial charge in [-0.1, -0.05) is 29.3 Å². The van der Waals surface area contributed by atoms with Crippen molar-refractivity contribution in [3.63, 3.8) is 0 Å². The van der Waals surface area contributed by atoms with Gasteiger partial charge >= 0.3 is 0 Å². The number of hydrogen-bond acceptors (Lipinski definition) is 4. The van der Waals surface area contributed by atoms with Crippen LogP contribution in [0.15, 0.2) is 36.4 Å². The normalized spacial score (nSPS) is 17.3. The number of anilines is 1. The highest BCUT2D eigenvalue weighted by atomic mass is 35.5. The lowest BCUT2D eigenvalue weighted by molar-refractivity contribution is -0.384. The van der Waals surface area contributed by atoms with Gasteiger partial charge < -0.3 is 10.6 Å². The molecule has 0 amide bonds. The smallest absolute Gasteiger partial charge is 0.269 e. The van der Waals surface area contributed by atoms with Crippen LogP contribution in [0.4, 0.5) is 11.4 Å². The SMILES string of the molecule is O=[N+]([O-])c1ccc2c(c1)C(c1ccc(Cl)cc1Cl)NCCN2. The minimum atomic E-state index is -0.397. The Morgan fingerprint density at radius 3 is 2.64 bits per heavy atom. The fraction of sp³-hybridized carbons (Fsp3) is 0.200. The van der Waals surface area contributed by atoms with E-state index in [1.165, 1.54) is 6.07 Å². The van der Waals surface area contributed by atoms with Gasteiger partial charge in [-0.2, -0.15) is 0 Å². The standard InChI is InChI=1S/C15H13Cl2N3O2/c16-9-1-3-11(13(17)7-9)15-12-8-10(20(21)22)2-4-14(12)18-5-6-19-15/h1-4,7-8,15,18-19H,5-6H2. The summed E-state index contributed by atoms with van der Waals surface area (Å²) in [5, 5.41) is 18.8. The maximum Gasteiger partial charge on any atom is 0.269 e. The Hall–Kier alpha value is -1.82. The Morgan fingerprint density at radius 1 is 1.09 bits per heavy atom. The first-order valence-electron chi connectivity index (χ1n) is 6.77. The number of rotatable bonds is 2. The summed E-state index contributed by atoms with van der Waals surface area (Å²) in [5.41, 5.74) is 2.57. The first kappa shape index (κ1) is 15.1. The highest BCUT2D eigenvalue weighted by Gasteiger charge is 2.24. The van der Waals surface area contributed by atoms with Gasteiger partial charge in [-0.3, -0.25) is 10.1 Å². The molecule has 1 unspecified atom stereocenters. The van der Waals surface area contributed by atoms with Crippen molar-refractivity contribution in [3.05, 3.63) is 67.7 Å². The van der Waals surface area contributed by atoms with Gasteiger partial charge in [0.1, 0.15) is 0 Å². The third-order valence-electron chi connectivity index (χ3n) is 3.62. The van der Waals surface area contributed by atoms with Crippen molar-refractivity contribution >= 4 is 34.6 Å². The van der Waals surface area contributed by atoms with Crippen molar-refractivity contribution in [2.45, 2.75) is 6.04 Å². The Balaban J connectivity index is 2.13. The molecule has 1 aliphatic heterocycles. The number of non-ortho nitro benzene ring substituents is 1. The number of nitrogens with zero attached hydrogens (tertiary/aromatic N) is 1.